The first-order chi connectivity index (χ1) is 12.0. The first-order valence-electron chi connectivity index (χ1n) is 7.89. The van der Waals surface area contributed by atoms with E-state index in [0.29, 0.717) is 12.5 Å². The van der Waals surface area contributed by atoms with Gasteiger partial charge in [-0.15, -0.1) is 11.3 Å². The van der Waals surface area contributed by atoms with Crippen molar-refractivity contribution in [3.63, 3.8) is 0 Å². The minimum absolute atomic E-state index is 0.0513. The van der Waals surface area contributed by atoms with E-state index in [1.165, 1.54) is 6.92 Å². The van der Waals surface area contributed by atoms with Gasteiger partial charge >= 0.3 is 0 Å². The highest BCUT2D eigenvalue weighted by molar-refractivity contribution is 7.15. The molecule has 0 aliphatic carbocycles. The average Bonchev–Trinajstić information content (AvgIpc) is 2.92. The second-order valence-corrected chi connectivity index (χ2v) is 6.85. The number of thiazole rings is 1. The van der Waals surface area contributed by atoms with E-state index >= 15 is 0 Å². The Balaban J connectivity index is 1.79. The van der Waals surface area contributed by atoms with E-state index in [2.05, 4.69) is 25.6 Å². The summed E-state index contributed by atoms with van der Waals surface area (Å²) in [7, 11) is 0. The molecule has 2 N–H and O–H groups in total. The first kappa shape index (κ1) is 17.0. The standard InChI is InChI=1S/C18H19N5OS/c1-11-17(25-13(3)21-11)16-7-8-19-18(23-16)22-15-6-4-5-14(9-15)10-20-12(2)24/h4-9H,10H2,1-3H3,(H,20,24)(H,19,22,23). The maximum Gasteiger partial charge on any atom is 0.227 e. The molecule has 0 fully saturated rings. The maximum absolute atomic E-state index is 11.0. The average molecular weight is 353 g/mol. The van der Waals surface area contributed by atoms with E-state index in [9.17, 15) is 4.79 Å². The zero-order valence-electron chi connectivity index (χ0n) is 14.3. The molecule has 0 saturated carbocycles. The lowest BCUT2D eigenvalue weighted by Gasteiger charge is -2.08. The molecule has 2 aromatic heterocycles. The molecule has 0 radical (unpaired) electrons. The van der Waals surface area contributed by atoms with E-state index in [4.69, 9.17) is 0 Å². The molecule has 1 amide bonds. The lowest BCUT2D eigenvalue weighted by molar-refractivity contribution is -0.119. The summed E-state index contributed by atoms with van der Waals surface area (Å²) in [5, 5.41) is 7.03. The lowest BCUT2D eigenvalue weighted by atomic mass is 10.2. The number of nitrogens with zero attached hydrogens (tertiary/aromatic N) is 3. The quantitative estimate of drug-likeness (QED) is 0.733. The molecule has 3 aromatic rings. The van der Waals surface area contributed by atoms with Crippen molar-refractivity contribution in [1.29, 1.82) is 0 Å². The van der Waals surface area contributed by atoms with Crippen molar-refractivity contribution in [2.24, 2.45) is 0 Å². The van der Waals surface area contributed by atoms with Gasteiger partial charge in [0, 0.05) is 25.4 Å². The third-order valence-electron chi connectivity index (χ3n) is 3.52. The number of hydrogen-bond donors (Lipinski definition) is 2. The number of benzene rings is 1. The molecule has 0 spiro atoms. The molecule has 0 atom stereocenters. The Morgan fingerprint density at radius 3 is 2.76 bits per heavy atom. The van der Waals surface area contributed by atoms with Gasteiger partial charge < -0.3 is 10.6 Å². The predicted octanol–water partition coefficient (Wildman–Crippen LogP) is 3.60. The van der Waals surface area contributed by atoms with Gasteiger partial charge in [0.2, 0.25) is 11.9 Å². The van der Waals surface area contributed by atoms with Gasteiger partial charge in [0.25, 0.3) is 0 Å². The number of carbonyl (C=O) groups is 1. The maximum atomic E-state index is 11.0. The molecular formula is C18H19N5OS. The molecular weight excluding hydrogens is 334 g/mol. The topological polar surface area (TPSA) is 79.8 Å². The fourth-order valence-electron chi connectivity index (χ4n) is 2.43. The van der Waals surface area contributed by atoms with Gasteiger partial charge in [0.15, 0.2) is 0 Å². The largest absolute Gasteiger partial charge is 0.352 e. The van der Waals surface area contributed by atoms with Gasteiger partial charge in [0.1, 0.15) is 0 Å². The van der Waals surface area contributed by atoms with E-state index in [-0.39, 0.29) is 5.91 Å². The molecule has 3 rings (SSSR count). The number of rotatable bonds is 5. The number of aryl methyl sites for hydroxylation is 2. The zero-order chi connectivity index (χ0) is 17.8. The molecule has 0 aliphatic rings. The highest BCUT2D eigenvalue weighted by Crippen LogP contribution is 2.28. The highest BCUT2D eigenvalue weighted by atomic mass is 32.1. The van der Waals surface area contributed by atoms with Crippen LogP contribution >= 0.6 is 11.3 Å². The van der Waals surface area contributed by atoms with Crippen molar-refractivity contribution in [2.75, 3.05) is 5.32 Å². The van der Waals surface area contributed by atoms with Crippen LogP contribution in [0.15, 0.2) is 36.5 Å². The van der Waals surface area contributed by atoms with Gasteiger partial charge in [0.05, 0.1) is 21.3 Å². The number of amides is 1. The normalized spacial score (nSPS) is 10.5. The summed E-state index contributed by atoms with van der Waals surface area (Å²) < 4.78 is 0. The first-order valence-corrected chi connectivity index (χ1v) is 8.71. The van der Waals surface area contributed by atoms with Crippen LogP contribution in [-0.2, 0) is 11.3 Å². The Bertz CT molecular complexity index is 906. The van der Waals surface area contributed by atoms with Crippen LogP contribution < -0.4 is 10.6 Å². The van der Waals surface area contributed by atoms with Crippen LogP contribution in [0.1, 0.15) is 23.2 Å². The SMILES string of the molecule is CC(=O)NCc1cccc(Nc2nccc(-c3sc(C)nc3C)n2)c1. The van der Waals surface area contributed by atoms with Crippen molar-refractivity contribution >= 4 is 28.9 Å². The molecule has 0 saturated heterocycles. The van der Waals surface area contributed by atoms with Crippen LogP contribution in [0.4, 0.5) is 11.6 Å². The van der Waals surface area contributed by atoms with E-state index in [1.807, 2.05) is 44.2 Å². The smallest absolute Gasteiger partial charge is 0.227 e. The molecule has 0 aliphatic heterocycles. The fraction of sp³-hybridized carbons (Fsp3) is 0.222. The molecule has 0 unspecified atom stereocenters. The van der Waals surface area contributed by atoms with Crippen molar-refractivity contribution < 1.29 is 4.79 Å². The highest BCUT2D eigenvalue weighted by Gasteiger charge is 2.10. The van der Waals surface area contributed by atoms with E-state index in [1.54, 1.807) is 17.5 Å². The second kappa shape index (κ2) is 7.40. The molecule has 0 bridgehead atoms. The predicted molar refractivity (Wildman–Crippen MR) is 99.9 cm³/mol. The summed E-state index contributed by atoms with van der Waals surface area (Å²) in [5.74, 6) is 0.476. The summed E-state index contributed by atoms with van der Waals surface area (Å²) in [6, 6.07) is 9.68. The second-order valence-electron chi connectivity index (χ2n) is 5.65. The van der Waals surface area contributed by atoms with Crippen LogP contribution in [0.5, 0.6) is 0 Å². The minimum atomic E-state index is -0.0513. The van der Waals surface area contributed by atoms with Crippen LogP contribution in [-0.4, -0.2) is 20.9 Å². The summed E-state index contributed by atoms with van der Waals surface area (Å²) in [6.07, 6.45) is 1.74. The van der Waals surface area contributed by atoms with E-state index in [0.717, 1.165) is 32.5 Å². The van der Waals surface area contributed by atoms with Gasteiger partial charge in [-0.2, -0.15) is 0 Å². The fourth-order valence-corrected chi connectivity index (χ4v) is 3.32. The van der Waals surface area contributed by atoms with Gasteiger partial charge in [-0.3, -0.25) is 4.79 Å². The lowest BCUT2D eigenvalue weighted by Crippen LogP contribution is -2.18. The molecule has 128 valence electrons. The monoisotopic (exact) mass is 353 g/mol. The summed E-state index contributed by atoms with van der Waals surface area (Å²) in [6.45, 7) is 5.97. The zero-order valence-corrected chi connectivity index (χ0v) is 15.1. The van der Waals surface area contributed by atoms with Crippen LogP contribution in [0, 0.1) is 13.8 Å². The molecule has 25 heavy (non-hydrogen) atoms. The third kappa shape index (κ3) is 4.39. The number of hydrogen-bond acceptors (Lipinski definition) is 6. The number of aromatic nitrogens is 3. The molecule has 2 heterocycles. The van der Waals surface area contributed by atoms with Gasteiger partial charge in [-0.25, -0.2) is 15.0 Å². The Labute approximate surface area is 150 Å². The number of nitrogens with one attached hydrogen (secondary N) is 2. The summed E-state index contributed by atoms with van der Waals surface area (Å²) in [4.78, 5) is 25.4. The van der Waals surface area contributed by atoms with Crippen LogP contribution in [0.25, 0.3) is 10.6 Å². The Kier molecular flexibility index (Phi) is 5.04. The van der Waals surface area contributed by atoms with E-state index < -0.39 is 0 Å². The van der Waals surface area contributed by atoms with Gasteiger partial charge in [-0.1, -0.05) is 12.1 Å². The third-order valence-corrected chi connectivity index (χ3v) is 4.61. The van der Waals surface area contributed by atoms with Crippen molar-refractivity contribution in [2.45, 2.75) is 27.3 Å². The number of carbonyl (C=O) groups excluding carboxylic acids is 1. The summed E-state index contributed by atoms with van der Waals surface area (Å²) in [5.41, 5.74) is 3.71. The minimum Gasteiger partial charge on any atom is -0.352 e. The van der Waals surface area contributed by atoms with Crippen molar-refractivity contribution in [1.82, 2.24) is 20.3 Å². The molecule has 1 aromatic carbocycles. The Morgan fingerprint density at radius 2 is 2.04 bits per heavy atom. The molecule has 7 heteroatoms. The van der Waals surface area contributed by atoms with Crippen LogP contribution in [0.2, 0.25) is 0 Å². The summed E-state index contributed by atoms with van der Waals surface area (Å²) >= 11 is 1.62. The molecule has 6 nitrogen and oxygen atoms in total. The Morgan fingerprint density at radius 1 is 1.20 bits per heavy atom. The number of anilines is 2. The Hall–Kier alpha value is -2.80. The van der Waals surface area contributed by atoms with Gasteiger partial charge in [-0.05, 0) is 37.6 Å². The van der Waals surface area contributed by atoms with Crippen molar-refractivity contribution in [3.05, 3.63) is 52.8 Å². The van der Waals surface area contributed by atoms with Crippen molar-refractivity contribution in [3.8, 4) is 10.6 Å². The van der Waals surface area contributed by atoms with Crippen LogP contribution in [0.3, 0.4) is 0 Å².